The van der Waals surface area contributed by atoms with Gasteiger partial charge < -0.3 is 0 Å². The molecule has 258 valence electrons. The lowest BCUT2D eigenvalue weighted by Crippen LogP contribution is -2.20. The summed E-state index contributed by atoms with van der Waals surface area (Å²) in [5, 5.41) is 0. The van der Waals surface area contributed by atoms with E-state index in [2.05, 4.69) is 6.92 Å². The van der Waals surface area contributed by atoms with E-state index in [-0.39, 0.29) is 0 Å². The van der Waals surface area contributed by atoms with Crippen molar-refractivity contribution in [1.82, 2.24) is 0 Å². The van der Waals surface area contributed by atoms with Gasteiger partial charge in [-0.2, -0.15) is 0 Å². The van der Waals surface area contributed by atoms with Crippen LogP contribution in [-0.4, -0.2) is 0 Å². The molecule has 7 rings (SSSR count). The molecule has 0 radical (unpaired) electrons. The van der Waals surface area contributed by atoms with Crippen molar-refractivity contribution in [3.8, 4) is 0 Å². The largest absolute Gasteiger partial charge is 0.0651 e. The molecular formula is C44H82. The fraction of sp³-hybridized carbons (Fsp3) is 1.00. The molecule has 0 aliphatic heterocycles. The minimum atomic E-state index is 1.09. The van der Waals surface area contributed by atoms with Gasteiger partial charge in [-0.3, -0.25) is 0 Å². The first-order chi connectivity index (χ1) is 21.8. The molecular weight excluding hydrogens is 528 g/mol. The molecule has 0 nitrogen and oxygen atoms in total. The lowest BCUT2D eigenvalue weighted by Gasteiger charge is -2.32. The highest BCUT2D eigenvalue weighted by Gasteiger charge is 2.26. The topological polar surface area (TPSA) is 0 Å². The van der Waals surface area contributed by atoms with Gasteiger partial charge in [-0.15, -0.1) is 0 Å². The predicted molar refractivity (Wildman–Crippen MR) is 196 cm³/mol. The first-order valence-electron chi connectivity index (χ1n) is 21.8. The Bertz CT molecular complexity index is 499. The van der Waals surface area contributed by atoms with E-state index in [1.165, 1.54) is 154 Å². The minimum absolute atomic E-state index is 1.09. The van der Waals surface area contributed by atoms with Crippen molar-refractivity contribution in [3.63, 3.8) is 0 Å². The number of hydrogen-bond acceptors (Lipinski definition) is 0. The summed E-state index contributed by atoms with van der Waals surface area (Å²) >= 11 is 0. The number of hydrogen-bond donors (Lipinski definition) is 0. The lowest BCUT2D eigenvalue weighted by atomic mass is 9.73. The summed E-state index contributed by atoms with van der Waals surface area (Å²) in [6, 6.07) is 0. The zero-order chi connectivity index (χ0) is 30.5. The average molecular weight is 611 g/mol. The molecule has 7 fully saturated rings. The quantitative estimate of drug-likeness (QED) is 0.297. The molecule has 0 atom stereocenters. The maximum absolute atomic E-state index is 2.32. The van der Waals surface area contributed by atoms with Gasteiger partial charge in [-0.1, -0.05) is 238 Å². The maximum atomic E-state index is 2.32. The Balaban J connectivity index is 0.000000135. The highest BCUT2D eigenvalue weighted by atomic mass is 14.3. The average Bonchev–Trinajstić information content (AvgIpc) is 3.15. The van der Waals surface area contributed by atoms with Crippen molar-refractivity contribution in [1.29, 1.82) is 0 Å². The third-order valence-corrected chi connectivity index (χ3v) is 14.2. The summed E-state index contributed by atoms with van der Waals surface area (Å²) < 4.78 is 0. The summed E-state index contributed by atoms with van der Waals surface area (Å²) in [5.74, 6) is 7.91. The van der Waals surface area contributed by atoms with E-state index in [1.807, 2.05) is 0 Å². The first-order valence-corrected chi connectivity index (χ1v) is 21.8. The van der Waals surface area contributed by atoms with Crippen molar-refractivity contribution in [2.75, 3.05) is 0 Å². The van der Waals surface area contributed by atoms with Crippen LogP contribution in [0.4, 0.5) is 0 Å². The third kappa shape index (κ3) is 14.4. The zero-order valence-electron chi connectivity index (χ0n) is 30.5. The SMILES string of the molecule is C1CCC(C2CCCCC2)CC1.C1CCC(C2CCCCC2)CC1.C1CCC(C2CCCCC2)CC1.CCC1CCCCC1. The molecule has 0 aromatic heterocycles. The second-order valence-corrected chi connectivity index (χ2v) is 17.3. The minimum Gasteiger partial charge on any atom is -0.0651 e. The molecule has 0 heterocycles. The van der Waals surface area contributed by atoms with Gasteiger partial charge in [0.15, 0.2) is 0 Å². The van der Waals surface area contributed by atoms with Gasteiger partial charge >= 0.3 is 0 Å². The van der Waals surface area contributed by atoms with Crippen molar-refractivity contribution in [2.24, 2.45) is 41.4 Å². The van der Waals surface area contributed by atoms with Crippen molar-refractivity contribution in [3.05, 3.63) is 0 Å². The molecule has 7 aliphatic rings. The van der Waals surface area contributed by atoms with Gasteiger partial charge in [0.25, 0.3) is 0 Å². The van der Waals surface area contributed by atoms with Gasteiger partial charge in [0.1, 0.15) is 0 Å². The van der Waals surface area contributed by atoms with Crippen molar-refractivity contribution >= 4 is 0 Å². The highest BCUT2D eigenvalue weighted by Crippen LogP contribution is 2.40. The van der Waals surface area contributed by atoms with Crippen LogP contribution in [0.2, 0.25) is 0 Å². The molecule has 0 saturated heterocycles. The first kappa shape index (κ1) is 36.8. The maximum Gasteiger partial charge on any atom is -0.0386 e. The summed E-state index contributed by atoms with van der Waals surface area (Å²) in [5.41, 5.74) is 0. The third-order valence-electron chi connectivity index (χ3n) is 14.2. The van der Waals surface area contributed by atoms with E-state index < -0.39 is 0 Å². The molecule has 0 N–H and O–H groups in total. The van der Waals surface area contributed by atoms with Crippen LogP contribution in [0.1, 0.15) is 238 Å². The predicted octanol–water partition coefficient (Wildman–Crippen LogP) is 15.4. The molecule has 0 heteroatoms. The molecule has 0 unspecified atom stereocenters. The second-order valence-electron chi connectivity index (χ2n) is 17.3. The van der Waals surface area contributed by atoms with E-state index >= 15 is 0 Å². The van der Waals surface area contributed by atoms with Gasteiger partial charge in [-0.05, 0) is 41.4 Å². The van der Waals surface area contributed by atoms with Crippen LogP contribution < -0.4 is 0 Å². The fourth-order valence-corrected chi connectivity index (χ4v) is 11.2. The van der Waals surface area contributed by atoms with Gasteiger partial charge in [-0.25, -0.2) is 0 Å². The smallest absolute Gasteiger partial charge is 0.0386 e. The van der Waals surface area contributed by atoms with Crippen molar-refractivity contribution < 1.29 is 0 Å². The molecule has 0 aromatic rings. The summed E-state index contributed by atoms with van der Waals surface area (Å²) in [6.45, 7) is 2.32. The van der Waals surface area contributed by atoms with Gasteiger partial charge in [0.2, 0.25) is 0 Å². The van der Waals surface area contributed by atoms with Crippen LogP contribution in [0.5, 0.6) is 0 Å². The molecule has 0 bridgehead atoms. The lowest BCUT2D eigenvalue weighted by molar-refractivity contribution is 0.196. The summed E-state index contributed by atoms with van der Waals surface area (Å²) in [7, 11) is 0. The second kappa shape index (κ2) is 23.3. The van der Waals surface area contributed by atoms with E-state index in [9.17, 15) is 0 Å². The Kier molecular flexibility index (Phi) is 19.5. The zero-order valence-corrected chi connectivity index (χ0v) is 30.5. The summed E-state index contributed by atoms with van der Waals surface area (Å²) in [6.07, 6.45) is 55.1. The highest BCUT2D eigenvalue weighted by molar-refractivity contribution is 4.78. The Morgan fingerprint density at radius 2 is 0.386 bits per heavy atom. The molecule has 0 aromatic carbocycles. The molecule has 0 spiro atoms. The number of rotatable bonds is 4. The molecule has 0 amide bonds. The van der Waals surface area contributed by atoms with Gasteiger partial charge in [0, 0.05) is 0 Å². The van der Waals surface area contributed by atoms with Crippen LogP contribution >= 0.6 is 0 Å². The van der Waals surface area contributed by atoms with Crippen LogP contribution in [-0.2, 0) is 0 Å². The van der Waals surface area contributed by atoms with E-state index in [4.69, 9.17) is 0 Å². The monoisotopic (exact) mass is 611 g/mol. The fourth-order valence-electron chi connectivity index (χ4n) is 11.2. The Morgan fingerprint density at radius 1 is 0.227 bits per heavy atom. The Morgan fingerprint density at radius 3 is 0.523 bits per heavy atom. The van der Waals surface area contributed by atoms with Crippen molar-refractivity contribution in [2.45, 2.75) is 238 Å². The summed E-state index contributed by atoms with van der Waals surface area (Å²) in [4.78, 5) is 0. The van der Waals surface area contributed by atoms with Crippen LogP contribution in [0.25, 0.3) is 0 Å². The van der Waals surface area contributed by atoms with E-state index in [0.29, 0.717) is 0 Å². The Hall–Kier alpha value is 0. The molecule has 7 saturated carbocycles. The van der Waals surface area contributed by atoms with Crippen LogP contribution in [0, 0.1) is 41.4 Å². The normalized spacial score (nSPS) is 28.0. The van der Waals surface area contributed by atoms with E-state index in [0.717, 1.165) is 41.4 Å². The molecule has 44 heavy (non-hydrogen) atoms. The standard InChI is InChI=1S/3C12H22.C8H16/c3*1-3-7-11(8-4-1)12-9-5-2-6-10-12;1-2-8-6-4-3-5-7-8/h3*11-12H,1-10H2;8H,2-7H2,1H3. The van der Waals surface area contributed by atoms with Gasteiger partial charge in [0.05, 0.1) is 0 Å². The van der Waals surface area contributed by atoms with E-state index in [1.54, 1.807) is 77.0 Å². The Labute approximate surface area is 278 Å². The molecule has 7 aliphatic carbocycles. The van der Waals surface area contributed by atoms with Crippen LogP contribution in [0.15, 0.2) is 0 Å². The van der Waals surface area contributed by atoms with Crippen LogP contribution in [0.3, 0.4) is 0 Å².